The van der Waals surface area contributed by atoms with Gasteiger partial charge in [-0.05, 0) is 73.7 Å². The van der Waals surface area contributed by atoms with Gasteiger partial charge >= 0.3 is 5.97 Å². The first-order chi connectivity index (χ1) is 18.9. The van der Waals surface area contributed by atoms with Crippen LogP contribution in [-0.2, 0) is 20.9 Å². The molecule has 39 heavy (non-hydrogen) atoms. The number of carbonyl (C=O) groups excluding carboxylic acids is 3. The highest BCUT2D eigenvalue weighted by atomic mass is 32.2. The van der Waals surface area contributed by atoms with Crippen molar-refractivity contribution in [3.05, 3.63) is 100.0 Å². The minimum absolute atomic E-state index is 0.0413. The fourth-order valence-corrected chi connectivity index (χ4v) is 6.11. The van der Waals surface area contributed by atoms with Gasteiger partial charge in [0.25, 0.3) is 11.8 Å². The average Bonchev–Trinajstić information content (AvgIpc) is 2.96. The van der Waals surface area contributed by atoms with Gasteiger partial charge in [-0.25, -0.2) is 0 Å². The molecule has 6 nitrogen and oxygen atoms in total. The predicted octanol–water partition coefficient (Wildman–Crippen LogP) is 6.09. The molecular weight excluding hydrogens is 508 g/mol. The second kappa shape index (κ2) is 11.9. The third-order valence-corrected chi connectivity index (χ3v) is 8.28. The standard InChI is InChI=1S/C32H32N2O4S/c1-3-38-32(37)26-11-8-18-33(20-26)30(35)24-16-14-23(15-17-24)19-29-31(36)34(21-25-10-5-4-9-22(25)2)27-12-6-7-13-28(27)39-29/h4-7,9-10,12-17,19,26H,3,8,11,18,20-21H2,1-2H3/b29-19+/t26-/m0/s1. The first kappa shape index (κ1) is 26.8. The maximum absolute atomic E-state index is 13.7. The number of amides is 2. The molecule has 2 aliphatic rings. The maximum Gasteiger partial charge on any atom is 0.310 e. The summed E-state index contributed by atoms with van der Waals surface area (Å²) in [6.45, 7) is 5.70. The zero-order chi connectivity index (χ0) is 27.4. The molecule has 3 aromatic carbocycles. The van der Waals surface area contributed by atoms with Crippen LogP contribution in [0.25, 0.3) is 6.08 Å². The van der Waals surface area contributed by atoms with Gasteiger partial charge in [0.1, 0.15) is 0 Å². The molecule has 2 amide bonds. The van der Waals surface area contributed by atoms with Gasteiger partial charge in [0, 0.05) is 23.5 Å². The Bertz CT molecular complexity index is 1420. The lowest BCUT2D eigenvalue weighted by Gasteiger charge is -2.31. The van der Waals surface area contributed by atoms with Crippen molar-refractivity contribution in [2.24, 2.45) is 5.92 Å². The highest BCUT2D eigenvalue weighted by molar-refractivity contribution is 8.04. The molecule has 0 N–H and O–H groups in total. The zero-order valence-corrected chi connectivity index (χ0v) is 23.1. The highest BCUT2D eigenvalue weighted by Gasteiger charge is 2.31. The normalized spacial score (nSPS) is 18.2. The van der Waals surface area contributed by atoms with Crippen LogP contribution in [-0.4, -0.2) is 42.4 Å². The van der Waals surface area contributed by atoms with Gasteiger partial charge in [0.2, 0.25) is 0 Å². The molecule has 0 bridgehead atoms. The molecule has 0 spiro atoms. The summed E-state index contributed by atoms with van der Waals surface area (Å²) in [6, 6.07) is 23.4. The monoisotopic (exact) mass is 540 g/mol. The van der Waals surface area contributed by atoms with Crippen LogP contribution in [0.3, 0.4) is 0 Å². The molecule has 0 aliphatic carbocycles. The van der Waals surface area contributed by atoms with Crippen molar-refractivity contribution in [1.82, 2.24) is 4.90 Å². The molecule has 1 saturated heterocycles. The number of piperidine rings is 1. The zero-order valence-electron chi connectivity index (χ0n) is 22.3. The van der Waals surface area contributed by atoms with E-state index in [1.54, 1.807) is 24.0 Å². The summed E-state index contributed by atoms with van der Waals surface area (Å²) in [5.74, 6) is -0.638. The van der Waals surface area contributed by atoms with E-state index in [1.807, 2.05) is 59.5 Å². The van der Waals surface area contributed by atoms with Gasteiger partial charge in [-0.1, -0.05) is 60.3 Å². The number of thioether (sulfide) groups is 1. The van der Waals surface area contributed by atoms with E-state index in [1.165, 1.54) is 11.8 Å². The summed E-state index contributed by atoms with van der Waals surface area (Å²) in [4.78, 5) is 44.2. The molecule has 5 rings (SSSR count). The summed E-state index contributed by atoms with van der Waals surface area (Å²) in [7, 11) is 0. The van der Waals surface area contributed by atoms with Crippen molar-refractivity contribution in [3.63, 3.8) is 0 Å². The molecule has 3 aromatic rings. The molecule has 7 heteroatoms. The number of fused-ring (bicyclic) bond motifs is 1. The third-order valence-electron chi connectivity index (χ3n) is 7.21. The van der Waals surface area contributed by atoms with Crippen molar-refractivity contribution in [1.29, 1.82) is 0 Å². The van der Waals surface area contributed by atoms with Gasteiger partial charge in [0.05, 0.1) is 29.7 Å². The lowest BCUT2D eigenvalue weighted by Crippen LogP contribution is -2.42. The summed E-state index contributed by atoms with van der Waals surface area (Å²) < 4.78 is 5.16. The van der Waals surface area contributed by atoms with E-state index in [0.29, 0.717) is 36.7 Å². The quantitative estimate of drug-likeness (QED) is 0.280. The van der Waals surface area contributed by atoms with E-state index in [4.69, 9.17) is 4.74 Å². The molecule has 0 saturated carbocycles. The largest absolute Gasteiger partial charge is 0.466 e. The lowest BCUT2D eigenvalue weighted by atomic mass is 9.97. The van der Waals surface area contributed by atoms with Gasteiger partial charge in [-0.2, -0.15) is 0 Å². The Hall–Kier alpha value is -3.84. The van der Waals surface area contributed by atoms with Gasteiger partial charge in [-0.15, -0.1) is 0 Å². The van der Waals surface area contributed by atoms with Crippen molar-refractivity contribution in [3.8, 4) is 0 Å². The number of benzene rings is 3. The number of hydrogen-bond donors (Lipinski definition) is 0. The van der Waals surface area contributed by atoms with Gasteiger partial charge in [0.15, 0.2) is 0 Å². The Balaban J connectivity index is 1.34. The van der Waals surface area contributed by atoms with E-state index >= 15 is 0 Å². The molecule has 1 fully saturated rings. The minimum atomic E-state index is -0.272. The second-order valence-corrected chi connectivity index (χ2v) is 10.9. The molecular formula is C32H32N2O4S. The van der Waals surface area contributed by atoms with Crippen LogP contribution in [0, 0.1) is 12.8 Å². The number of ether oxygens (including phenoxy) is 1. The fraction of sp³-hybridized carbons (Fsp3) is 0.281. The number of esters is 1. The Labute approximate surface area is 233 Å². The van der Waals surface area contributed by atoms with Crippen molar-refractivity contribution < 1.29 is 19.1 Å². The Kier molecular flexibility index (Phi) is 8.17. The Morgan fingerprint density at radius 3 is 2.54 bits per heavy atom. The number of anilines is 1. The van der Waals surface area contributed by atoms with Crippen LogP contribution in [0.1, 0.15) is 46.8 Å². The molecule has 2 aliphatic heterocycles. The smallest absolute Gasteiger partial charge is 0.310 e. The number of hydrogen-bond acceptors (Lipinski definition) is 5. The SMILES string of the molecule is CCOC(=O)[C@H]1CCCN(C(=O)c2ccc(/C=C3/Sc4ccccc4N(Cc4ccccc4C)C3=O)cc2)C1. The second-order valence-electron chi connectivity index (χ2n) is 9.86. The van der Waals surface area contributed by atoms with E-state index in [-0.39, 0.29) is 23.7 Å². The van der Waals surface area contributed by atoms with Gasteiger partial charge < -0.3 is 14.5 Å². The number of likely N-dealkylation sites (tertiary alicyclic amines) is 1. The van der Waals surface area contributed by atoms with Crippen molar-refractivity contribution in [2.75, 3.05) is 24.6 Å². The average molecular weight is 541 g/mol. The predicted molar refractivity (Wildman–Crippen MR) is 154 cm³/mol. The Morgan fingerprint density at radius 2 is 1.77 bits per heavy atom. The number of para-hydroxylation sites is 1. The minimum Gasteiger partial charge on any atom is -0.466 e. The fourth-order valence-electron chi connectivity index (χ4n) is 5.05. The topological polar surface area (TPSA) is 66.9 Å². The van der Waals surface area contributed by atoms with Crippen LogP contribution in [0.5, 0.6) is 0 Å². The van der Waals surface area contributed by atoms with E-state index in [9.17, 15) is 14.4 Å². The maximum atomic E-state index is 13.7. The Morgan fingerprint density at radius 1 is 1.03 bits per heavy atom. The highest BCUT2D eigenvalue weighted by Crippen LogP contribution is 2.42. The number of rotatable bonds is 6. The molecule has 0 aromatic heterocycles. The molecule has 2 heterocycles. The van der Waals surface area contributed by atoms with Crippen LogP contribution in [0.15, 0.2) is 82.6 Å². The number of aryl methyl sites for hydroxylation is 1. The molecule has 1 atom stereocenters. The summed E-state index contributed by atoms with van der Waals surface area (Å²) in [5.41, 5.74) is 4.58. The number of nitrogens with zero attached hydrogens (tertiary/aromatic N) is 2. The van der Waals surface area contributed by atoms with Crippen LogP contribution >= 0.6 is 11.8 Å². The van der Waals surface area contributed by atoms with Crippen LogP contribution in [0.4, 0.5) is 5.69 Å². The van der Waals surface area contributed by atoms with E-state index in [2.05, 4.69) is 19.1 Å². The van der Waals surface area contributed by atoms with Crippen LogP contribution < -0.4 is 4.90 Å². The van der Waals surface area contributed by atoms with Crippen molar-refractivity contribution in [2.45, 2.75) is 38.1 Å². The summed E-state index contributed by atoms with van der Waals surface area (Å²) >= 11 is 1.47. The van der Waals surface area contributed by atoms with Crippen LogP contribution in [0.2, 0.25) is 0 Å². The molecule has 0 radical (unpaired) electrons. The van der Waals surface area contributed by atoms with Crippen molar-refractivity contribution >= 4 is 41.3 Å². The summed E-state index contributed by atoms with van der Waals surface area (Å²) in [6.07, 6.45) is 3.41. The first-order valence-corrected chi connectivity index (χ1v) is 14.2. The molecule has 200 valence electrons. The van der Waals surface area contributed by atoms with E-state index < -0.39 is 0 Å². The first-order valence-electron chi connectivity index (χ1n) is 13.4. The molecule has 0 unspecified atom stereocenters. The lowest BCUT2D eigenvalue weighted by molar-refractivity contribution is -0.149. The van der Waals surface area contributed by atoms with E-state index in [0.717, 1.165) is 40.1 Å². The number of carbonyl (C=O) groups is 3. The third kappa shape index (κ3) is 5.93. The van der Waals surface area contributed by atoms with Gasteiger partial charge in [-0.3, -0.25) is 14.4 Å². The summed E-state index contributed by atoms with van der Waals surface area (Å²) in [5, 5.41) is 0.